The molecule has 14 heavy (non-hydrogen) atoms. The normalized spacial score (nSPS) is 32.6. The van der Waals surface area contributed by atoms with E-state index in [1.807, 2.05) is 6.92 Å². The van der Waals surface area contributed by atoms with E-state index in [0.717, 1.165) is 11.6 Å². The van der Waals surface area contributed by atoms with E-state index < -0.39 is 0 Å². The molecule has 0 aromatic heterocycles. The predicted molar refractivity (Wildman–Crippen MR) is 59.9 cm³/mol. The average molecular weight is 187 g/mol. The van der Waals surface area contributed by atoms with E-state index in [1.54, 1.807) is 0 Å². The molecule has 2 heterocycles. The number of nitrogens with zero attached hydrogens (tertiary/aromatic N) is 1. The number of terminal acetylenes is 1. The van der Waals surface area contributed by atoms with Crippen LogP contribution in [-0.4, -0.2) is 24.0 Å². The molecule has 0 aromatic carbocycles. The third kappa shape index (κ3) is 1.63. The van der Waals surface area contributed by atoms with Crippen molar-refractivity contribution in [1.29, 1.82) is 0 Å². The van der Waals surface area contributed by atoms with Crippen molar-refractivity contribution in [2.75, 3.05) is 7.05 Å². The molecular formula is C13H17N. The number of hydrogen-bond donors (Lipinski definition) is 0. The number of fused-ring (bicyclic) bond motifs is 2. The Morgan fingerprint density at radius 3 is 3.07 bits per heavy atom. The molecule has 0 spiro atoms. The van der Waals surface area contributed by atoms with Crippen molar-refractivity contribution in [1.82, 2.24) is 4.90 Å². The molecule has 2 aliphatic heterocycles. The maximum Gasteiger partial charge on any atom is 0.0284 e. The highest BCUT2D eigenvalue weighted by atomic mass is 15.2. The molecule has 0 saturated carbocycles. The number of allylic oxidation sites excluding steroid dienone is 2. The van der Waals surface area contributed by atoms with Gasteiger partial charge in [0.2, 0.25) is 0 Å². The first kappa shape index (κ1) is 9.55. The molecule has 0 aliphatic carbocycles. The standard InChI is InChI=1S/C13H17N/c1-4-10(2)7-11-8-12-5-6-13(9-11)14(12)3/h1,7-8,12-13H,5-6,9H2,2-3H3/b10-7-. The van der Waals surface area contributed by atoms with Crippen LogP contribution in [0.1, 0.15) is 26.2 Å². The largest absolute Gasteiger partial charge is 0.297 e. The zero-order valence-corrected chi connectivity index (χ0v) is 8.96. The molecule has 2 aliphatic rings. The van der Waals surface area contributed by atoms with Gasteiger partial charge in [0.25, 0.3) is 0 Å². The van der Waals surface area contributed by atoms with E-state index in [-0.39, 0.29) is 0 Å². The lowest BCUT2D eigenvalue weighted by atomic mass is 10.00. The molecule has 1 saturated heterocycles. The van der Waals surface area contributed by atoms with Crippen LogP contribution in [0, 0.1) is 12.3 Å². The zero-order valence-electron chi connectivity index (χ0n) is 8.96. The lowest BCUT2D eigenvalue weighted by Gasteiger charge is -2.29. The molecule has 74 valence electrons. The summed E-state index contributed by atoms with van der Waals surface area (Å²) < 4.78 is 0. The first-order valence-electron chi connectivity index (χ1n) is 5.28. The molecular weight excluding hydrogens is 170 g/mol. The van der Waals surface area contributed by atoms with E-state index >= 15 is 0 Å². The highest BCUT2D eigenvalue weighted by Gasteiger charge is 2.32. The van der Waals surface area contributed by atoms with Gasteiger partial charge in [-0.05, 0) is 50.5 Å². The smallest absolute Gasteiger partial charge is 0.0284 e. The van der Waals surface area contributed by atoms with E-state index in [2.05, 4.69) is 30.0 Å². The van der Waals surface area contributed by atoms with Gasteiger partial charge in [0.1, 0.15) is 0 Å². The summed E-state index contributed by atoms with van der Waals surface area (Å²) in [6, 6.07) is 1.41. The number of rotatable bonds is 1. The summed E-state index contributed by atoms with van der Waals surface area (Å²) in [6.45, 7) is 2.00. The molecule has 1 heteroatoms. The minimum absolute atomic E-state index is 0.658. The summed E-state index contributed by atoms with van der Waals surface area (Å²) in [5, 5.41) is 0. The van der Waals surface area contributed by atoms with Crippen LogP contribution in [0.15, 0.2) is 23.3 Å². The molecule has 0 amide bonds. The maximum absolute atomic E-state index is 5.35. The summed E-state index contributed by atoms with van der Waals surface area (Å²) in [6.07, 6.45) is 13.7. The lowest BCUT2D eigenvalue weighted by molar-refractivity contribution is 0.256. The van der Waals surface area contributed by atoms with Gasteiger partial charge in [0.05, 0.1) is 0 Å². The van der Waals surface area contributed by atoms with E-state index in [9.17, 15) is 0 Å². The van der Waals surface area contributed by atoms with Gasteiger partial charge in [-0.1, -0.05) is 12.0 Å². The van der Waals surface area contributed by atoms with Gasteiger partial charge in [-0.25, -0.2) is 0 Å². The van der Waals surface area contributed by atoms with Crippen molar-refractivity contribution in [3.05, 3.63) is 23.3 Å². The molecule has 0 aromatic rings. The van der Waals surface area contributed by atoms with E-state index in [0.29, 0.717) is 6.04 Å². The molecule has 2 unspecified atom stereocenters. The second-order valence-corrected chi connectivity index (χ2v) is 4.38. The Bertz CT molecular complexity index is 330. The average Bonchev–Trinajstić information content (AvgIpc) is 2.42. The third-order valence-electron chi connectivity index (χ3n) is 3.40. The van der Waals surface area contributed by atoms with Gasteiger partial charge in [0, 0.05) is 12.1 Å². The van der Waals surface area contributed by atoms with Crippen molar-refractivity contribution in [2.45, 2.75) is 38.3 Å². The van der Waals surface area contributed by atoms with Crippen molar-refractivity contribution in [2.24, 2.45) is 0 Å². The minimum atomic E-state index is 0.658. The topological polar surface area (TPSA) is 3.24 Å². The van der Waals surface area contributed by atoms with E-state index in [4.69, 9.17) is 6.42 Å². The monoisotopic (exact) mass is 187 g/mol. The van der Waals surface area contributed by atoms with Crippen molar-refractivity contribution in [3.8, 4) is 12.3 Å². The van der Waals surface area contributed by atoms with Gasteiger partial charge in [-0.15, -0.1) is 6.42 Å². The Morgan fingerprint density at radius 2 is 2.43 bits per heavy atom. The molecule has 2 atom stereocenters. The van der Waals surface area contributed by atoms with Crippen LogP contribution < -0.4 is 0 Å². The molecule has 0 N–H and O–H groups in total. The molecule has 2 bridgehead atoms. The summed E-state index contributed by atoms with van der Waals surface area (Å²) >= 11 is 0. The highest BCUT2D eigenvalue weighted by Crippen LogP contribution is 2.33. The summed E-state index contributed by atoms with van der Waals surface area (Å²) in [7, 11) is 2.23. The molecule has 2 rings (SSSR count). The molecule has 0 radical (unpaired) electrons. The maximum atomic E-state index is 5.35. The highest BCUT2D eigenvalue weighted by molar-refractivity contribution is 5.35. The Morgan fingerprint density at radius 1 is 1.64 bits per heavy atom. The first-order chi connectivity index (χ1) is 6.70. The van der Waals surface area contributed by atoms with Crippen LogP contribution in [-0.2, 0) is 0 Å². The Hall–Kier alpha value is -1.00. The second-order valence-electron chi connectivity index (χ2n) is 4.38. The second kappa shape index (κ2) is 3.63. The van der Waals surface area contributed by atoms with Gasteiger partial charge in [-0.3, -0.25) is 4.90 Å². The van der Waals surface area contributed by atoms with Crippen molar-refractivity contribution in [3.63, 3.8) is 0 Å². The Kier molecular flexibility index (Phi) is 2.48. The van der Waals surface area contributed by atoms with E-state index in [1.165, 1.54) is 24.8 Å². The van der Waals surface area contributed by atoms with Gasteiger partial charge >= 0.3 is 0 Å². The van der Waals surface area contributed by atoms with Crippen LogP contribution in [0.4, 0.5) is 0 Å². The molecule has 1 fully saturated rings. The predicted octanol–water partition coefficient (Wildman–Crippen LogP) is 2.36. The minimum Gasteiger partial charge on any atom is -0.297 e. The van der Waals surface area contributed by atoms with Gasteiger partial charge in [-0.2, -0.15) is 0 Å². The number of likely N-dealkylation sites (N-methyl/N-ethyl adjacent to an activating group) is 1. The fourth-order valence-corrected chi connectivity index (χ4v) is 2.50. The van der Waals surface area contributed by atoms with Crippen molar-refractivity contribution < 1.29 is 0 Å². The third-order valence-corrected chi connectivity index (χ3v) is 3.40. The van der Waals surface area contributed by atoms with Crippen LogP contribution in [0.3, 0.4) is 0 Å². The first-order valence-corrected chi connectivity index (χ1v) is 5.28. The quantitative estimate of drug-likeness (QED) is 0.570. The summed E-state index contributed by atoms with van der Waals surface area (Å²) in [5.41, 5.74) is 2.48. The Labute approximate surface area is 86.5 Å². The van der Waals surface area contributed by atoms with Crippen LogP contribution in [0.5, 0.6) is 0 Å². The zero-order chi connectivity index (χ0) is 10.1. The Balaban J connectivity index is 2.18. The van der Waals surface area contributed by atoms with Crippen LogP contribution >= 0.6 is 0 Å². The molecule has 1 nitrogen and oxygen atoms in total. The van der Waals surface area contributed by atoms with Crippen molar-refractivity contribution >= 4 is 0 Å². The summed E-state index contributed by atoms with van der Waals surface area (Å²) in [5.74, 6) is 2.68. The fourth-order valence-electron chi connectivity index (χ4n) is 2.50. The van der Waals surface area contributed by atoms with Gasteiger partial charge < -0.3 is 0 Å². The number of hydrogen-bond acceptors (Lipinski definition) is 1. The van der Waals surface area contributed by atoms with Crippen LogP contribution in [0.25, 0.3) is 0 Å². The summed E-state index contributed by atoms with van der Waals surface area (Å²) in [4.78, 5) is 2.49. The SMILES string of the molecule is C#C/C(C)=C\C1=CC2CCC(C1)N2C. The fraction of sp³-hybridized carbons (Fsp3) is 0.538. The lowest BCUT2D eigenvalue weighted by Crippen LogP contribution is -2.34. The van der Waals surface area contributed by atoms with Crippen LogP contribution in [0.2, 0.25) is 0 Å². The van der Waals surface area contributed by atoms with Gasteiger partial charge in [0.15, 0.2) is 0 Å².